The Hall–Kier alpha value is -1.10. The average Bonchev–Trinajstić information content (AvgIpc) is 2.49. The maximum Gasteiger partial charge on any atom is 0.228 e. The Morgan fingerprint density at radius 3 is 3.08 bits per heavy atom. The van der Waals surface area contributed by atoms with E-state index in [0.717, 1.165) is 16.1 Å². The average molecular weight is 227 g/mol. The highest BCUT2D eigenvalue weighted by molar-refractivity contribution is 9.10. The van der Waals surface area contributed by atoms with E-state index in [1.165, 1.54) is 0 Å². The third kappa shape index (κ3) is 0.972. The van der Waals surface area contributed by atoms with Crippen LogP contribution in [-0.2, 0) is 0 Å². The van der Waals surface area contributed by atoms with Gasteiger partial charge in [0.15, 0.2) is 5.65 Å². The third-order valence-corrected chi connectivity index (χ3v) is 2.23. The van der Waals surface area contributed by atoms with E-state index in [9.17, 15) is 0 Å². The quantitative estimate of drug-likeness (QED) is 0.803. The SMILES string of the molecule is CNc1nnc2c(Br)cccn12. The third-order valence-electron chi connectivity index (χ3n) is 1.61. The number of aromatic nitrogens is 3. The van der Waals surface area contributed by atoms with Crippen molar-refractivity contribution >= 4 is 27.5 Å². The van der Waals surface area contributed by atoms with Crippen molar-refractivity contribution in [3.05, 3.63) is 22.8 Å². The molecule has 0 aromatic carbocycles. The number of hydrogen-bond donors (Lipinski definition) is 1. The van der Waals surface area contributed by atoms with Crippen molar-refractivity contribution in [1.82, 2.24) is 14.6 Å². The molecule has 0 aliphatic rings. The highest BCUT2D eigenvalue weighted by Crippen LogP contribution is 2.17. The normalized spacial score (nSPS) is 10.5. The molecule has 0 amide bonds. The summed E-state index contributed by atoms with van der Waals surface area (Å²) in [4.78, 5) is 0. The van der Waals surface area contributed by atoms with Gasteiger partial charge in [-0.1, -0.05) is 0 Å². The van der Waals surface area contributed by atoms with Crippen molar-refractivity contribution in [2.45, 2.75) is 0 Å². The Labute approximate surface area is 77.7 Å². The van der Waals surface area contributed by atoms with Crippen LogP contribution in [0.4, 0.5) is 5.95 Å². The van der Waals surface area contributed by atoms with Gasteiger partial charge in [0.1, 0.15) is 0 Å². The van der Waals surface area contributed by atoms with Crippen LogP contribution in [0.15, 0.2) is 22.8 Å². The van der Waals surface area contributed by atoms with Gasteiger partial charge in [0.05, 0.1) is 4.47 Å². The summed E-state index contributed by atoms with van der Waals surface area (Å²) in [6.45, 7) is 0. The van der Waals surface area contributed by atoms with Gasteiger partial charge < -0.3 is 5.32 Å². The number of pyridine rings is 1. The fourth-order valence-corrected chi connectivity index (χ4v) is 1.48. The molecule has 0 spiro atoms. The first-order valence-electron chi connectivity index (χ1n) is 3.50. The van der Waals surface area contributed by atoms with E-state index >= 15 is 0 Å². The largest absolute Gasteiger partial charge is 0.357 e. The van der Waals surface area contributed by atoms with E-state index in [1.54, 1.807) is 0 Å². The van der Waals surface area contributed by atoms with Crippen LogP contribution in [0.3, 0.4) is 0 Å². The molecule has 1 N–H and O–H groups in total. The molecular weight excluding hydrogens is 220 g/mol. The maximum absolute atomic E-state index is 3.99. The molecular formula is C7H7BrN4. The van der Waals surface area contributed by atoms with E-state index in [1.807, 2.05) is 29.8 Å². The van der Waals surface area contributed by atoms with Crippen LogP contribution in [0, 0.1) is 0 Å². The lowest BCUT2D eigenvalue weighted by atomic mass is 10.5. The Morgan fingerprint density at radius 1 is 1.50 bits per heavy atom. The summed E-state index contributed by atoms with van der Waals surface area (Å²) in [6, 6.07) is 3.87. The number of fused-ring (bicyclic) bond motifs is 1. The van der Waals surface area contributed by atoms with Gasteiger partial charge in [-0.2, -0.15) is 0 Å². The zero-order valence-electron chi connectivity index (χ0n) is 6.45. The predicted octanol–water partition coefficient (Wildman–Crippen LogP) is 1.53. The van der Waals surface area contributed by atoms with Gasteiger partial charge in [-0.3, -0.25) is 4.40 Å². The first-order valence-corrected chi connectivity index (χ1v) is 4.29. The zero-order valence-corrected chi connectivity index (χ0v) is 8.04. The van der Waals surface area contributed by atoms with Gasteiger partial charge >= 0.3 is 0 Å². The molecule has 0 radical (unpaired) electrons. The van der Waals surface area contributed by atoms with Gasteiger partial charge in [-0.05, 0) is 28.1 Å². The molecule has 0 saturated carbocycles. The van der Waals surface area contributed by atoms with Crippen molar-refractivity contribution in [1.29, 1.82) is 0 Å². The van der Waals surface area contributed by atoms with E-state index < -0.39 is 0 Å². The maximum atomic E-state index is 3.99. The molecule has 2 aromatic heterocycles. The summed E-state index contributed by atoms with van der Waals surface area (Å²) in [5, 5.41) is 10.9. The smallest absolute Gasteiger partial charge is 0.228 e. The number of halogens is 1. The number of nitrogens with one attached hydrogen (secondary N) is 1. The monoisotopic (exact) mass is 226 g/mol. The minimum Gasteiger partial charge on any atom is -0.357 e. The molecule has 0 saturated heterocycles. The first-order chi connectivity index (χ1) is 5.83. The Bertz CT molecular complexity index is 409. The molecule has 2 rings (SSSR count). The first kappa shape index (κ1) is 7.54. The predicted molar refractivity (Wildman–Crippen MR) is 50.2 cm³/mol. The summed E-state index contributed by atoms with van der Waals surface area (Å²) < 4.78 is 2.82. The summed E-state index contributed by atoms with van der Waals surface area (Å²) in [5.41, 5.74) is 0.821. The second-order valence-electron chi connectivity index (χ2n) is 2.32. The molecule has 0 fully saturated rings. The molecule has 0 bridgehead atoms. The Balaban J connectivity index is 2.80. The van der Waals surface area contributed by atoms with Crippen molar-refractivity contribution in [3.8, 4) is 0 Å². The molecule has 4 nitrogen and oxygen atoms in total. The van der Waals surface area contributed by atoms with Crippen LogP contribution < -0.4 is 5.32 Å². The molecule has 0 aliphatic heterocycles. The minimum atomic E-state index is 0.742. The molecule has 0 aliphatic carbocycles. The summed E-state index contributed by atoms with van der Waals surface area (Å²) in [7, 11) is 1.82. The zero-order chi connectivity index (χ0) is 8.55. The fraction of sp³-hybridized carbons (Fsp3) is 0.143. The van der Waals surface area contributed by atoms with Crippen LogP contribution in [-0.4, -0.2) is 21.6 Å². The highest BCUT2D eigenvalue weighted by Gasteiger charge is 2.04. The van der Waals surface area contributed by atoms with Crippen LogP contribution in [0.1, 0.15) is 0 Å². The van der Waals surface area contributed by atoms with Crippen LogP contribution in [0.2, 0.25) is 0 Å². The molecule has 2 heterocycles. The second kappa shape index (κ2) is 2.75. The topological polar surface area (TPSA) is 42.2 Å². The van der Waals surface area contributed by atoms with Gasteiger partial charge in [-0.15, -0.1) is 10.2 Å². The van der Waals surface area contributed by atoms with Gasteiger partial charge in [0, 0.05) is 13.2 Å². The van der Waals surface area contributed by atoms with E-state index in [2.05, 4.69) is 31.4 Å². The number of hydrogen-bond acceptors (Lipinski definition) is 3. The van der Waals surface area contributed by atoms with Crippen LogP contribution in [0.5, 0.6) is 0 Å². The summed E-state index contributed by atoms with van der Waals surface area (Å²) in [6.07, 6.45) is 1.91. The second-order valence-corrected chi connectivity index (χ2v) is 3.18. The van der Waals surface area contributed by atoms with Crippen LogP contribution in [0.25, 0.3) is 5.65 Å². The van der Waals surface area contributed by atoms with E-state index in [4.69, 9.17) is 0 Å². The van der Waals surface area contributed by atoms with Crippen molar-refractivity contribution in [2.75, 3.05) is 12.4 Å². The lowest BCUT2D eigenvalue weighted by molar-refractivity contribution is 1.10. The van der Waals surface area contributed by atoms with Crippen molar-refractivity contribution in [3.63, 3.8) is 0 Å². The molecule has 0 unspecified atom stereocenters. The van der Waals surface area contributed by atoms with E-state index in [-0.39, 0.29) is 0 Å². The standard InChI is InChI=1S/C7H7BrN4/c1-9-7-11-10-6-5(8)3-2-4-12(6)7/h2-4H,1H3,(H,9,11). The summed E-state index contributed by atoms with van der Waals surface area (Å²) >= 11 is 3.39. The van der Waals surface area contributed by atoms with Crippen molar-refractivity contribution in [2.24, 2.45) is 0 Å². The molecule has 5 heteroatoms. The lowest BCUT2D eigenvalue weighted by Crippen LogP contribution is -1.94. The molecule has 62 valence electrons. The molecule has 0 atom stereocenters. The van der Waals surface area contributed by atoms with Gasteiger partial charge in [0.2, 0.25) is 5.95 Å². The highest BCUT2D eigenvalue weighted by atomic mass is 79.9. The minimum absolute atomic E-state index is 0.742. The van der Waals surface area contributed by atoms with Crippen molar-refractivity contribution < 1.29 is 0 Å². The Kier molecular flexibility index (Phi) is 1.73. The van der Waals surface area contributed by atoms with Gasteiger partial charge in [0.25, 0.3) is 0 Å². The molecule has 2 aromatic rings. The molecule has 12 heavy (non-hydrogen) atoms. The summed E-state index contributed by atoms with van der Waals surface area (Å²) in [5.74, 6) is 0.742. The van der Waals surface area contributed by atoms with Gasteiger partial charge in [-0.25, -0.2) is 0 Å². The fourth-order valence-electron chi connectivity index (χ4n) is 1.05. The number of anilines is 1. The lowest BCUT2D eigenvalue weighted by Gasteiger charge is -1.97. The van der Waals surface area contributed by atoms with E-state index in [0.29, 0.717) is 0 Å². The Morgan fingerprint density at radius 2 is 2.33 bits per heavy atom. The number of nitrogens with zero attached hydrogens (tertiary/aromatic N) is 3. The van der Waals surface area contributed by atoms with Crippen LogP contribution >= 0.6 is 15.9 Å². The number of rotatable bonds is 1.